The van der Waals surface area contributed by atoms with E-state index in [0.29, 0.717) is 34.5 Å². The Morgan fingerprint density at radius 2 is 2.06 bits per heavy atom. The van der Waals surface area contributed by atoms with Crippen LogP contribution in [0.1, 0.15) is 46.1 Å². The van der Waals surface area contributed by atoms with Crippen LogP contribution in [0.15, 0.2) is 34.5 Å². The van der Waals surface area contributed by atoms with Crippen molar-refractivity contribution in [1.82, 2.24) is 4.98 Å². The summed E-state index contributed by atoms with van der Waals surface area (Å²) in [5.74, 6) is 0.317. The van der Waals surface area contributed by atoms with Crippen molar-refractivity contribution < 1.29 is 19.1 Å². The highest BCUT2D eigenvalue weighted by Crippen LogP contribution is 2.41. The largest absolute Gasteiger partial charge is 0.490 e. The number of hydrogen-bond donors (Lipinski definition) is 0. The smallest absolute Gasteiger partial charge is 0.341 e. The molecule has 0 radical (unpaired) electrons. The third-order valence-electron chi connectivity index (χ3n) is 5.75. The van der Waals surface area contributed by atoms with E-state index in [0.717, 1.165) is 5.56 Å². The molecule has 3 rings (SSSR count). The summed E-state index contributed by atoms with van der Waals surface area (Å²) >= 11 is 9.85. The lowest BCUT2D eigenvalue weighted by Gasteiger charge is -2.36. The van der Waals surface area contributed by atoms with Gasteiger partial charge in [0.25, 0.3) is 0 Å². The molecule has 0 N–H and O–H groups in total. The lowest BCUT2D eigenvalue weighted by molar-refractivity contribution is -0.139. The molecule has 168 valence electrons. The average Bonchev–Trinajstić information content (AvgIpc) is 3.51. The zero-order valence-corrected chi connectivity index (χ0v) is 20.8. The van der Waals surface area contributed by atoms with Crippen molar-refractivity contribution in [2.24, 2.45) is 23.2 Å². The minimum Gasteiger partial charge on any atom is -0.490 e. The molecule has 2 unspecified atom stereocenters. The van der Waals surface area contributed by atoms with Gasteiger partial charge in [0, 0.05) is 5.92 Å². The molecule has 0 aliphatic heterocycles. The van der Waals surface area contributed by atoms with Gasteiger partial charge in [0.15, 0.2) is 16.7 Å². The molecule has 2 aliphatic rings. The first-order chi connectivity index (χ1) is 14.6. The van der Waals surface area contributed by atoms with Gasteiger partial charge in [-0.1, -0.05) is 44.5 Å². The maximum absolute atomic E-state index is 12.3. The molecule has 1 heterocycles. The highest BCUT2D eigenvalue weighted by molar-refractivity contribution is 9.10. The number of pyridine rings is 1. The van der Waals surface area contributed by atoms with Crippen LogP contribution in [-0.2, 0) is 20.7 Å². The number of rotatable bonds is 8. The number of nitrogens with zero attached hydrogens (tertiary/aromatic N) is 1. The highest BCUT2D eigenvalue weighted by Gasteiger charge is 2.34. The normalized spacial score (nSPS) is 19.7. The Morgan fingerprint density at radius 1 is 1.35 bits per heavy atom. The molecule has 1 aromatic rings. The summed E-state index contributed by atoms with van der Waals surface area (Å²) in [5.41, 5.74) is 0.969. The molecule has 2 atom stereocenters. The Morgan fingerprint density at radius 3 is 2.68 bits per heavy atom. The van der Waals surface area contributed by atoms with Crippen molar-refractivity contribution in [2.45, 2.75) is 47.0 Å². The molecular weight excluding hydrogens is 482 g/mol. The number of aromatic nitrogens is 1. The second-order valence-corrected chi connectivity index (χ2v) is 10.4. The van der Waals surface area contributed by atoms with Gasteiger partial charge in [-0.15, -0.1) is 0 Å². The van der Waals surface area contributed by atoms with E-state index in [1.165, 1.54) is 18.9 Å². The monoisotopic (exact) mass is 509 g/mol. The zero-order valence-electron chi connectivity index (χ0n) is 18.4. The van der Waals surface area contributed by atoms with Gasteiger partial charge in [-0.05, 0) is 77.1 Å². The molecule has 0 spiro atoms. The van der Waals surface area contributed by atoms with Gasteiger partial charge in [0.2, 0.25) is 0 Å². The SMILES string of the molecule is CCOC(=O)C1=CC(C(Cc2cc(OCC3CC3)c(Cl)nc2Br)C(C)(C)C)C=CC1=O. The van der Waals surface area contributed by atoms with Gasteiger partial charge in [-0.2, -0.15) is 0 Å². The van der Waals surface area contributed by atoms with Crippen LogP contribution in [0.25, 0.3) is 0 Å². The molecule has 0 bridgehead atoms. The average molecular weight is 511 g/mol. The standard InChI is InChI=1S/C24H29BrClNO4/c1-5-30-23(29)17-10-15(8-9-19(17)28)18(24(2,3)4)11-16-12-20(22(26)27-21(16)25)31-13-14-6-7-14/h8-10,12,14-15,18H,5-7,11,13H2,1-4H3. The number of carbonyl (C=O) groups is 2. The van der Waals surface area contributed by atoms with Gasteiger partial charge >= 0.3 is 5.97 Å². The Balaban J connectivity index is 1.88. The summed E-state index contributed by atoms with van der Waals surface area (Å²) in [4.78, 5) is 28.9. The summed E-state index contributed by atoms with van der Waals surface area (Å²) in [6.07, 6.45) is 8.17. The van der Waals surface area contributed by atoms with Gasteiger partial charge in [-0.25, -0.2) is 9.78 Å². The molecule has 2 aliphatic carbocycles. The van der Waals surface area contributed by atoms with Crippen LogP contribution < -0.4 is 4.74 Å². The number of halogens is 2. The van der Waals surface area contributed by atoms with Gasteiger partial charge in [0.05, 0.1) is 13.2 Å². The number of ketones is 1. The summed E-state index contributed by atoms with van der Waals surface area (Å²) < 4.78 is 11.7. The second kappa shape index (κ2) is 9.86. The Labute approximate surface area is 197 Å². The molecule has 0 aromatic carbocycles. The fraction of sp³-hybridized carbons (Fsp3) is 0.542. The summed E-state index contributed by atoms with van der Waals surface area (Å²) in [7, 11) is 0. The summed E-state index contributed by atoms with van der Waals surface area (Å²) in [6, 6.07) is 1.95. The van der Waals surface area contributed by atoms with Crippen molar-refractivity contribution in [3.63, 3.8) is 0 Å². The van der Waals surface area contributed by atoms with Gasteiger partial charge in [0.1, 0.15) is 10.2 Å². The zero-order chi connectivity index (χ0) is 22.8. The molecule has 0 saturated heterocycles. The van der Waals surface area contributed by atoms with Crippen LogP contribution in [0.2, 0.25) is 5.15 Å². The van der Waals surface area contributed by atoms with Gasteiger partial charge < -0.3 is 9.47 Å². The highest BCUT2D eigenvalue weighted by atomic mass is 79.9. The lowest BCUT2D eigenvalue weighted by Crippen LogP contribution is -2.31. The van der Waals surface area contributed by atoms with E-state index in [4.69, 9.17) is 21.1 Å². The molecule has 7 heteroatoms. The lowest BCUT2D eigenvalue weighted by atomic mass is 9.69. The number of esters is 1. The van der Waals surface area contributed by atoms with E-state index in [1.54, 1.807) is 13.0 Å². The van der Waals surface area contributed by atoms with E-state index in [1.807, 2.05) is 12.1 Å². The van der Waals surface area contributed by atoms with Crippen LogP contribution in [0, 0.1) is 23.2 Å². The van der Waals surface area contributed by atoms with Crippen molar-refractivity contribution in [3.8, 4) is 5.75 Å². The van der Waals surface area contributed by atoms with E-state index in [-0.39, 0.29) is 35.2 Å². The van der Waals surface area contributed by atoms with Crippen LogP contribution in [0.4, 0.5) is 0 Å². The first-order valence-electron chi connectivity index (χ1n) is 10.7. The maximum Gasteiger partial charge on any atom is 0.341 e. The van der Waals surface area contributed by atoms with E-state index >= 15 is 0 Å². The topological polar surface area (TPSA) is 65.5 Å². The number of ether oxygens (including phenoxy) is 2. The Bertz CT molecular complexity index is 915. The molecule has 5 nitrogen and oxygen atoms in total. The van der Waals surface area contributed by atoms with Crippen molar-refractivity contribution in [3.05, 3.63) is 45.2 Å². The third kappa shape index (κ3) is 6.19. The van der Waals surface area contributed by atoms with E-state index < -0.39 is 5.97 Å². The first-order valence-corrected chi connectivity index (χ1v) is 11.9. The summed E-state index contributed by atoms with van der Waals surface area (Å²) in [5, 5.41) is 0.344. The maximum atomic E-state index is 12.3. The van der Waals surface area contributed by atoms with Crippen LogP contribution in [0.5, 0.6) is 5.75 Å². The minimum atomic E-state index is -0.570. The molecule has 1 fully saturated rings. The summed E-state index contributed by atoms with van der Waals surface area (Å²) in [6.45, 7) is 9.08. The molecule has 31 heavy (non-hydrogen) atoms. The quantitative estimate of drug-likeness (QED) is 0.254. The number of allylic oxidation sites excluding steroid dienone is 3. The van der Waals surface area contributed by atoms with Crippen molar-refractivity contribution >= 4 is 39.3 Å². The fourth-order valence-corrected chi connectivity index (χ4v) is 4.48. The van der Waals surface area contributed by atoms with Crippen LogP contribution in [-0.4, -0.2) is 30.0 Å². The minimum absolute atomic E-state index is 0.0943. The second-order valence-electron chi connectivity index (χ2n) is 9.26. The molecule has 1 aromatic heterocycles. The molecular formula is C24H29BrClNO4. The number of hydrogen-bond acceptors (Lipinski definition) is 5. The van der Waals surface area contributed by atoms with Crippen LogP contribution in [0.3, 0.4) is 0 Å². The predicted octanol–water partition coefficient (Wildman–Crippen LogP) is 5.74. The van der Waals surface area contributed by atoms with E-state index in [2.05, 4.69) is 41.7 Å². The molecule has 1 saturated carbocycles. The predicted molar refractivity (Wildman–Crippen MR) is 124 cm³/mol. The Kier molecular flexibility index (Phi) is 7.63. The fourth-order valence-electron chi connectivity index (χ4n) is 3.73. The van der Waals surface area contributed by atoms with Crippen LogP contribution >= 0.6 is 27.5 Å². The first kappa shape index (κ1) is 24.0. The van der Waals surface area contributed by atoms with Crippen molar-refractivity contribution in [2.75, 3.05) is 13.2 Å². The molecule has 0 amide bonds. The Hall–Kier alpha value is -1.66. The van der Waals surface area contributed by atoms with Gasteiger partial charge in [-0.3, -0.25) is 4.79 Å². The van der Waals surface area contributed by atoms with Crippen molar-refractivity contribution in [1.29, 1.82) is 0 Å². The van der Waals surface area contributed by atoms with E-state index in [9.17, 15) is 9.59 Å². The number of carbonyl (C=O) groups excluding carboxylic acids is 2. The third-order valence-corrected chi connectivity index (χ3v) is 6.71.